The molecule has 0 radical (unpaired) electrons. The molecule has 0 atom stereocenters. The van der Waals surface area contributed by atoms with Crippen LogP contribution in [0, 0.1) is 11.8 Å². The fourth-order valence-corrected chi connectivity index (χ4v) is 5.98. The Bertz CT molecular complexity index is 1380. The van der Waals surface area contributed by atoms with E-state index in [1.54, 1.807) is 12.1 Å². The standard InChI is InChI=1S/C24H25F2N7O2/c1-27-22(35)17-2-3-18(19(26)29-17)32-6-4-14(5-7-32)33-12-24(9-15(33)10-24)23-30-20-16(21(34)31-23)8-13(25)11-28-20/h2-3,8,11,14-15H,4-7,9-10,12H2,1H3,(H,27,35)(H,28,30,31,34). The molecule has 2 N–H and O–H groups in total. The van der Waals surface area contributed by atoms with Gasteiger partial charge in [-0.1, -0.05) is 0 Å². The Morgan fingerprint density at radius 1 is 1.17 bits per heavy atom. The van der Waals surface area contributed by atoms with Crippen LogP contribution in [-0.2, 0) is 5.41 Å². The molecule has 3 aromatic rings. The van der Waals surface area contributed by atoms with Crippen molar-refractivity contribution < 1.29 is 13.6 Å². The molecular formula is C24H25F2N7O2. The maximum atomic E-state index is 14.6. The highest BCUT2D eigenvalue weighted by molar-refractivity contribution is 5.92. The summed E-state index contributed by atoms with van der Waals surface area (Å²) in [5, 5.41) is 2.61. The van der Waals surface area contributed by atoms with Gasteiger partial charge in [0.1, 0.15) is 17.3 Å². The molecule has 0 aromatic carbocycles. The molecular weight excluding hydrogens is 456 g/mol. The number of rotatable bonds is 4. The number of hydrogen-bond acceptors (Lipinski definition) is 7. The maximum absolute atomic E-state index is 14.6. The van der Waals surface area contributed by atoms with Gasteiger partial charge in [0.25, 0.3) is 11.5 Å². The van der Waals surface area contributed by atoms with Crippen molar-refractivity contribution in [2.45, 2.75) is 43.2 Å². The van der Waals surface area contributed by atoms with Crippen molar-refractivity contribution in [2.75, 3.05) is 31.6 Å². The van der Waals surface area contributed by atoms with Gasteiger partial charge in [0, 0.05) is 44.2 Å². The van der Waals surface area contributed by atoms with E-state index in [0.717, 1.165) is 38.4 Å². The van der Waals surface area contributed by atoms with Crippen LogP contribution < -0.4 is 15.8 Å². The molecule has 0 spiro atoms. The zero-order valence-corrected chi connectivity index (χ0v) is 19.2. The van der Waals surface area contributed by atoms with Gasteiger partial charge in [-0.15, -0.1) is 0 Å². The second kappa shape index (κ2) is 8.04. The first-order valence-corrected chi connectivity index (χ1v) is 11.8. The number of hydrogen-bond donors (Lipinski definition) is 2. The number of nitrogens with one attached hydrogen (secondary N) is 2. The Labute approximate surface area is 199 Å². The number of H-pyrrole nitrogens is 1. The van der Waals surface area contributed by atoms with Crippen LogP contribution in [-0.4, -0.2) is 69.5 Å². The summed E-state index contributed by atoms with van der Waals surface area (Å²) in [5.41, 5.74) is 0.177. The topological polar surface area (TPSA) is 107 Å². The monoisotopic (exact) mass is 481 g/mol. The molecule has 1 aliphatic carbocycles. The van der Waals surface area contributed by atoms with Crippen LogP contribution in [0.15, 0.2) is 29.2 Å². The molecule has 3 aromatic heterocycles. The van der Waals surface area contributed by atoms with E-state index in [-0.39, 0.29) is 27.7 Å². The lowest BCUT2D eigenvalue weighted by Crippen LogP contribution is -2.46. The second-order valence-corrected chi connectivity index (χ2v) is 9.76. The summed E-state index contributed by atoms with van der Waals surface area (Å²) < 4.78 is 28.1. The predicted molar refractivity (Wildman–Crippen MR) is 124 cm³/mol. The van der Waals surface area contributed by atoms with Gasteiger partial charge in [-0.05, 0) is 43.9 Å². The second-order valence-electron chi connectivity index (χ2n) is 9.76. The maximum Gasteiger partial charge on any atom is 0.269 e. The number of carbonyl (C=O) groups excluding carboxylic acids is 1. The summed E-state index contributed by atoms with van der Waals surface area (Å²) in [6, 6.07) is 5.12. The Morgan fingerprint density at radius 2 is 1.94 bits per heavy atom. The zero-order chi connectivity index (χ0) is 24.3. The molecule has 182 valence electrons. The average Bonchev–Trinajstić information content (AvgIpc) is 3.41. The minimum atomic E-state index is -0.633. The van der Waals surface area contributed by atoms with Gasteiger partial charge in [-0.3, -0.25) is 14.5 Å². The fraction of sp³-hybridized carbons (Fsp3) is 0.458. The van der Waals surface area contributed by atoms with E-state index >= 15 is 0 Å². The molecule has 1 amide bonds. The van der Waals surface area contributed by atoms with Crippen molar-refractivity contribution in [3.8, 4) is 0 Å². The molecule has 4 aliphatic rings. The smallest absolute Gasteiger partial charge is 0.269 e. The van der Waals surface area contributed by atoms with E-state index in [1.807, 2.05) is 4.90 Å². The Hall–Kier alpha value is -3.47. The number of anilines is 1. The highest BCUT2D eigenvalue weighted by Gasteiger charge is 2.59. The third-order valence-corrected chi connectivity index (χ3v) is 7.80. The van der Waals surface area contributed by atoms with Crippen LogP contribution in [0.25, 0.3) is 11.0 Å². The summed E-state index contributed by atoms with van der Waals surface area (Å²) in [5.74, 6) is -0.974. The van der Waals surface area contributed by atoms with Gasteiger partial charge < -0.3 is 15.2 Å². The number of fused-ring (bicyclic) bond motifs is 2. The van der Waals surface area contributed by atoms with Gasteiger partial charge in [-0.25, -0.2) is 19.3 Å². The van der Waals surface area contributed by atoms with Crippen molar-refractivity contribution in [1.82, 2.24) is 30.2 Å². The Balaban J connectivity index is 1.14. The van der Waals surface area contributed by atoms with Crippen LogP contribution in [0.5, 0.6) is 0 Å². The number of carbonyl (C=O) groups is 1. The lowest BCUT2D eigenvalue weighted by atomic mass is 9.69. The Kier molecular flexibility index (Phi) is 5.06. The van der Waals surface area contributed by atoms with E-state index in [2.05, 4.69) is 30.2 Å². The number of halogens is 2. The van der Waals surface area contributed by atoms with Crippen molar-refractivity contribution in [2.24, 2.45) is 0 Å². The summed E-state index contributed by atoms with van der Waals surface area (Å²) in [4.78, 5) is 44.0. The normalized spacial score (nSPS) is 24.5. The fourth-order valence-electron chi connectivity index (χ4n) is 5.98. The van der Waals surface area contributed by atoms with Gasteiger partial charge >= 0.3 is 0 Å². The molecule has 0 unspecified atom stereocenters. The number of aromatic amines is 1. The molecule has 4 fully saturated rings. The van der Waals surface area contributed by atoms with Crippen LogP contribution in [0.3, 0.4) is 0 Å². The lowest BCUT2D eigenvalue weighted by Gasteiger charge is -2.40. The SMILES string of the molecule is CNC(=O)c1ccc(N2CCC(N3CC4(c5nc6ncc(F)cc6c(=O)[nH]5)CC3C4)CC2)c(F)n1. The quantitative estimate of drug-likeness (QED) is 0.547. The van der Waals surface area contributed by atoms with Gasteiger partial charge in [0.15, 0.2) is 5.65 Å². The van der Waals surface area contributed by atoms with Crippen molar-refractivity contribution in [3.05, 3.63) is 58.0 Å². The number of amides is 1. The highest BCUT2D eigenvalue weighted by Crippen LogP contribution is 2.53. The van der Waals surface area contributed by atoms with E-state index in [9.17, 15) is 18.4 Å². The minimum Gasteiger partial charge on any atom is -0.368 e. The summed E-state index contributed by atoms with van der Waals surface area (Å²) >= 11 is 0. The van der Waals surface area contributed by atoms with Crippen LogP contribution in [0.1, 0.15) is 42.0 Å². The van der Waals surface area contributed by atoms with Crippen LogP contribution in [0.4, 0.5) is 14.5 Å². The third kappa shape index (κ3) is 3.56. The summed E-state index contributed by atoms with van der Waals surface area (Å²) in [6.07, 6.45) is 4.68. The number of aromatic nitrogens is 4. The zero-order valence-electron chi connectivity index (χ0n) is 19.2. The first-order chi connectivity index (χ1) is 16.9. The van der Waals surface area contributed by atoms with E-state index in [0.29, 0.717) is 36.7 Å². The molecule has 3 saturated heterocycles. The van der Waals surface area contributed by atoms with Crippen molar-refractivity contribution in [3.63, 3.8) is 0 Å². The molecule has 1 saturated carbocycles. The van der Waals surface area contributed by atoms with E-state index in [1.165, 1.54) is 13.1 Å². The predicted octanol–water partition coefficient (Wildman–Crippen LogP) is 1.74. The molecule has 3 aliphatic heterocycles. The summed E-state index contributed by atoms with van der Waals surface area (Å²) in [6.45, 7) is 2.19. The highest BCUT2D eigenvalue weighted by atomic mass is 19.1. The number of nitrogens with zero attached hydrogens (tertiary/aromatic N) is 5. The molecule has 35 heavy (non-hydrogen) atoms. The van der Waals surface area contributed by atoms with E-state index in [4.69, 9.17) is 0 Å². The Morgan fingerprint density at radius 3 is 2.66 bits per heavy atom. The molecule has 9 nitrogen and oxygen atoms in total. The molecule has 6 heterocycles. The van der Waals surface area contributed by atoms with Gasteiger partial charge in [0.2, 0.25) is 5.95 Å². The lowest BCUT2D eigenvalue weighted by molar-refractivity contribution is 0.0957. The molecule has 11 heteroatoms. The van der Waals surface area contributed by atoms with Gasteiger partial charge in [0.05, 0.1) is 17.3 Å². The van der Waals surface area contributed by atoms with Crippen molar-refractivity contribution >= 4 is 22.6 Å². The van der Waals surface area contributed by atoms with Crippen molar-refractivity contribution in [1.29, 1.82) is 0 Å². The van der Waals surface area contributed by atoms with E-state index < -0.39 is 17.7 Å². The van der Waals surface area contributed by atoms with Crippen LogP contribution in [0.2, 0.25) is 0 Å². The molecule has 2 bridgehead atoms. The van der Waals surface area contributed by atoms with Gasteiger partial charge in [-0.2, -0.15) is 4.39 Å². The molecule has 7 rings (SSSR count). The first kappa shape index (κ1) is 22.0. The minimum absolute atomic E-state index is 0.0615. The average molecular weight is 482 g/mol. The third-order valence-electron chi connectivity index (χ3n) is 7.80. The van der Waals surface area contributed by atoms with Crippen LogP contribution >= 0.6 is 0 Å². The first-order valence-electron chi connectivity index (χ1n) is 11.8. The summed E-state index contributed by atoms with van der Waals surface area (Å²) in [7, 11) is 1.49. The largest absolute Gasteiger partial charge is 0.368 e. The number of piperidine rings is 1. The number of pyridine rings is 2.